The Morgan fingerprint density at radius 2 is 1.85 bits per heavy atom. The summed E-state index contributed by atoms with van der Waals surface area (Å²) in [6, 6.07) is 10.6. The lowest BCUT2D eigenvalue weighted by molar-refractivity contribution is 0.241. The maximum absolute atomic E-state index is 11.8. The van der Waals surface area contributed by atoms with Crippen LogP contribution in [0.3, 0.4) is 0 Å². The number of ether oxygens (including phenoxy) is 1. The van der Waals surface area contributed by atoms with Crippen LogP contribution in [0.1, 0.15) is 19.4 Å². The van der Waals surface area contributed by atoms with Crippen molar-refractivity contribution in [2.75, 3.05) is 11.6 Å². The Balaban J connectivity index is 1.99. The van der Waals surface area contributed by atoms with Gasteiger partial charge in [0.2, 0.25) is 0 Å². The average molecular weight is 371 g/mol. The molecule has 0 saturated carbocycles. The number of hydrogen-bond acceptors (Lipinski definition) is 6. The van der Waals surface area contributed by atoms with E-state index >= 15 is 0 Å². The highest BCUT2D eigenvalue weighted by atomic mass is 32.2. The third-order valence-electron chi connectivity index (χ3n) is 3.84. The van der Waals surface area contributed by atoms with Gasteiger partial charge in [-0.05, 0) is 62.7 Å². The van der Waals surface area contributed by atoms with E-state index in [2.05, 4.69) is 15.3 Å². The molecule has 0 aliphatic carbocycles. The van der Waals surface area contributed by atoms with Crippen molar-refractivity contribution in [2.45, 2.75) is 31.8 Å². The first-order chi connectivity index (χ1) is 12.2. The number of benzene rings is 2. The maximum atomic E-state index is 11.8. The topological polar surface area (TPSA) is 81.2 Å². The maximum Gasteiger partial charge on any atom is 0.175 e. The number of rotatable bonds is 5. The molecule has 0 atom stereocenters. The molecule has 3 rings (SSSR count). The van der Waals surface area contributed by atoms with E-state index in [-0.39, 0.29) is 11.0 Å². The van der Waals surface area contributed by atoms with Gasteiger partial charge in [0.1, 0.15) is 17.9 Å². The zero-order valence-electron chi connectivity index (χ0n) is 15.1. The number of aromatic nitrogens is 2. The third-order valence-corrected chi connectivity index (χ3v) is 4.95. The SMILES string of the molecule is Cc1cc(Nc2ncnc3ccc(S(C)(=O)=O)cc23)ccc1OC(C)C. The van der Waals surface area contributed by atoms with Gasteiger partial charge in [0, 0.05) is 17.3 Å². The van der Waals surface area contributed by atoms with Gasteiger partial charge in [-0.2, -0.15) is 0 Å². The minimum absolute atomic E-state index is 0.104. The highest BCUT2D eigenvalue weighted by Crippen LogP contribution is 2.28. The number of fused-ring (bicyclic) bond motifs is 1. The molecule has 0 bridgehead atoms. The molecule has 0 aliphatic rings. The van der Waals surface area contributed by atoms with Gasteiger partial charge in [0.05, 0.1) is 16.5 Å². The van der Waals surface area contributed by atoms with E-state index in [1.807, 2.05) is 39.0 Å². The van der Waals surface area contributed by atoms with Crippen molar-refractivity contribution in [3.63, 3.8) is 0 Å². The minimum Gasteiger partial charge on any atom is -0.491 e. The third kappa shape index (κ3) is 3.94. The Morgan fingerprint density at radius 3 is 2.50 bits per heavy atom. The van der Waals surface area contributed by atoms with Gasteiger partial charge in [-0.3, -0.25) is 0 Å². The van der Waals surface area contributed by atoms with E-state index < -0.39 is 9.84 Å². The average Bonchev–Trinajstić information content (AvgIpc) is 2.56. The van der Waals surface area contributed by atoms with Gasteiger partial charge in [0.15, 0.2) is 9.84 Å². The normalized spacial score (nSPS) is 11.7. The van der Waals surface area contributed by atoms with E-state index in [0.717, 1.165) is 17.0 Å². The van der Waals surface area contributed by atoms with Crippen LogP contribution >= 0.6 is 0 Å². The quantitative estimate of drug-likeness (QED) is 0.733. The fourth-order valence-corrected chi connectivity index (χ4v) is 3.26. The fourth-order valence-electron chi connectivity index (χ4n) is 2.62. The Kier molecular flexibility index (Phi) is 4.82. The van der Waals surface area contributed by atoms with E-state index in [1.54, 1.807) is 18.2 Å². The smallest absolute Gasteiger partial charge is 0.175 e. The van der Waals surface area contributed by atoms with Crippen LogP contribution < -0.4 is 10.1 Å². The van der Waals surface area contributed by atoms with Crippen LogP contribution in [0.5, 0.6) is 5.75 Å². The largest absolute Gasteiger partial charge is 0.491 e. The van der Waals surface area contributed by atoms with Crippen LogP contribution in [-0.4, -0.2) is 30.7 Å². The highest BCUT2D eigenvalue weighted by molar-refractivity contribution is 7.90. The van der Waals surface area contributed by atoms with Gasteiger partial charge in [-0.25, -0.2) is 18.4 Å². The monoisotopic (exact) mass is 371 g/mol. The summed E-state index contributed by atoms with van der Waals surface area (Å²) in [7, 11) is -3.31. The summed E-state index contributed by atoms with van der Waals surface area (Å²) in [6.45, 7) is 5.94. The summed E-state index contributed by atoms with van der Waals surface area (Å²) >= 11 is 0. The number of nitrogens with one attached hydrogen (secondary N) is 1. The van der Waals surface area contributed by atoms with Crippen molar-refractivity contribution in [3.8, 4) is 5.75 Å². The zero-order valence-corrected chi connectivity index (χ0v) is 16.0. The number of hydrogen-bond donors (Lipinski definition) is 1. The predicted molar refractivity (Wildman–Crippen MR) is 103 cm³/mol. The van der Waals surface area contributed by atoms with Gasteiger partial charge in [-0.1, -0.05) is 0 Å². The van der Waals surface area contributed by atoms with Crippen molar-refractivity contribution >= 4 is 32.2 Å². The summed E-state index contributed by atoms with van der Waals surface area (Å²) in [5.41, 5.74) is 2.51. The van der Waals surface area contributed by atoms with Crippen molar-refractivity contribution in [1.82, 2.24) is 9.97 Å². The van der Waals surface area contributed by atoms with E-state index in [1.165, 1.54) is 12.6 Å². The first kappa shape index (κ1) is 18.1. The molecule has 7 heteroatoms. The molecule has 0 radical (unpaired) electrons. The number of aryl methyl sites for hydroxylation is 1. The highest BCUT2D eigenvalue weighted by Gasteiger charge is 2.12. The molecular weight excluding hydrogens is 350 g/mol. The van der Waals surface area contributed by atoms with Gasteiger partial charge in [-0.15, -0.1) is 0 Å². The van der Waals surface area contributed by atoms with Gasteiger partial charge >= 0.3 is 0 Å². The Morgan fingerprint density at radius 1 is 1.08 bits per heavy atom. The van der Waals surface area contributed by atoms with Gasteiger partial charge < -0.3 is 10.1 Å². The van der Waals surface area contributed by atoms with Crippen molar-refractivity contribution in [1.29, 1.82) is 0 Å². The molecule has 6 nitrogen and oxygen atoms in total. The van der Waals surface area contributed by atoms with Crippen molar-refractivity contribution < 1.29 is 13.2 Å². The summed E-state index contributed by atoms with van der Waals surface area (Å²) in [5.74, 6) is 1.38. The second kappa shape index (κ2) is 6.92. The van der Waals surface area contributed by atoms with Crippen LogP contribution in [0, 0.1) is 6.92 Å². The van der Waals surface area contributed by atoms with Crippen LogP contribution in [0.25, 0.3) is 10.9 Å². The molecule has 0 unspecified atom stereocenters. The number of anilines is 2. The van der Waals surface area contributed by atoms with Crippen LogP contribution in [0.15, 0.2) is 47.6 Å². The molecule has 0 fully saturated rings. The van der Waals surface area contributed by atoms with Gasteiger partial charge in [0.25, 0.3) is 0 Å². The zero-order chi connectivity index (χ0) is 18.9. The summed E-state index contributed by atoms with van der Waals surface area (Å²) in [5, 5.41) is 3.89. The van der Waals surface area contributed by atoms with Crippen molar-refractivity contribution in [2.24, 2.45) is 0 Å². The molecule has 1 heterocycles. The summed E-state index contributed by atoms with van der Waals surface area (Å²) in [4.78, 5) is 8.72. The Labute approximate surface area is 153 Å². The van der Waals surface area contributed by atoms with E-state index in [0.29, 0.717) is 16.7 Å². The molecule has 2 aromatic carbocycles. The summed E-state index contributed by atoms with van der Waals surface area (Å²) < 4.78 is 29.4. The molecule has 0 amide bonds. The Bertz CT molecular complexity index is 1060. The standard InChI is InChI=1S/C19H21N3O3S/c1-12(2)25-18-8-5-14(9-13(18)3)22-19-16-10-15(26(4,23)24)6-7-17(16)20-11-21-19/h5-12H,1-4H3,(H,20,21,22). The van der Waals surface area contributed by atoms with E-state index in [4.69, 9.17) is 4.74 Å². The molecule has 0 aliphatic heterocycles. The van der Waals surface area contributed by atoms with Crippen molar-refractivity contribution in [3.05, 3.63) is 48.3 Å². The molecule has 1 N–H and O–H groups in total. The lowest BCUT2D eigenvalue weighted by Gasteiger charge is -2.14. The first-order valence-corrected chi connectivity index (χ1v) is 10.1. The molecule has 1 aromatic heterocycles. The van der Waals surface area contributed by atoms with Crippen LogP contribution in [0.4, 0.5) is 11.5 Å². The lowest BCUT2D eigenvalue weighted by Crippen LogP contribution is -2.06. The van der Waals surface area contributed by atoms with Crippen LogP contribution in [-0.2, 0) is 9.84 Å². The molecular formula is C19H21N3O3S. The molecule has 136 valence electrons. The Hall–Kier alpha value is -2.67. The van der Waals surface area contributed by atoms with E-state index in [9.17, 15) is 8.42 Å². The second-order valence-corrected chi connectivity index (χ2v) is 8.46. The number of nitrogens with zero attached hydrogens (tertiary/aromatic N) is 2. The summed E-state index contributed by atoms with van der Waals surface area (Å²) in [6.07, 6.45) is 2.74. The lowest BCUT2D eigenvalue weighted by atomic mass is 10.2. The molecule has 26 heavy (non-hydrogen) atoms. The minimum atomic E-state index is -3.31. The number of sulfone groups is 1. The van der Waals surface area contributed by atoms with Crippen LogP contribution in [0.2, 0.25) is 0 Å². The molecule has 0 spiro atoms. The second-order valence-electron chi connectivity index (χ2n) is 6.45. The predicted octanol–water partition coefficient (Wildman–Crippen LogP) is 3.87. The fraction of sp³-hybridized carbons (Fsp3) is 0.263. The first-order valence-electron chi connectivity index (χ1n) is 8.23. The molecule has 0 saturated heterocycles. The molecule has 3 aromatic rings.